The lowest BCUT2D eigenvalue weighted by Gasteiger charge is -1.68. The molecule has 0 saturated carbocycles. The van der Waals surface area contributed by atoms with Crippen molar-refractivity contribution in [3.8, 4) is 0 Å². The van der Waals surface area contributed by atoms with Gasteiger partial charge in [-0.1, -0.05) is 0 Å². The van der Waals surface area contributed by atoms with Gasteiger partial charge in [0.05, 0.1) is 12.8 Å². The summed E-state index contributed by atoms with van der Waals surface area (Å²) in [6.07, 6.45) is 0.361. The highest BCUT2D eigenvalue weighted by molar-refractivity contribution is 7.23. The molecular weight excluding hydrogens is 87.0 g/mol. The Morgan fingerprint density at radius 2 is 2.40 bits per heavy atom. The second-order valence-electron chi connectivity index (χ2n) is 0.576. The van der Waals surface area contributed by atoms with Gasteiger partial charge in [-0.15, -0.1) is 0 Å². The first-order valence-electron chi connectivity index (χ1n) is 1.32. The third-order valence-corrected chi connectivity index (χ3v) is 0.574. The lowest BCUT2D eigenvalue weighted by molar-refractivity contribution is 0.321. The highest BCUT2D eigenvalue weighted by Crippen LogP contribution is 1.83. The molecule has 0 aromatic carbocycles. The highest BCUT2D eigenvalue weighted by atomic mass is 31.1. The zero-order chi connectivity index (χ0) is 4.12. The number of hydrogen-bond acceptors (Lipinski definition) is 2. The van der Waals surface area contributed by atoms with E-state index in [2.05, 4.69) is 0 Å². The summed E-state index contributed by atoms with van der Waals surface area (Å²) >= 11 is 0. The number of hydrogen-bond donors (Lipinski definition) is 1. The van der Waals surface area contributed by atoms with Crippen LogP contribution in [0.4, 0.5) is 0 Å². The molecule has 0 aliphatic carbocycles. The first-order chi connectivity index (χ1) is 2.41. The van der Waals surface area contributed by atoms with E-state index in [0.29, 0.717) is 6.16 Å². The first-order valence-corrected chi connectivity index (χ1v) is 2.31. The third-order valence-electron chi connectivity index (χ3n) is 0.191. The summed E-state index contributed by atoms with van der Waals surface area (Å²) in [7, 11) is 0.0297. The molecule has 0 rings (SSSR count). The van der Waals surface area contributed by atoms with Crippen molar-refractivity contribution in [2.45, 2.75) is 0 Å². The van der Waals surface area contributed by atoms with Crippen molar-refractivity contribution in [3.63, 3.8) is 0 Å². The summed E-state index contributed by atoms with van der Waals surface area (Å²) in [4.78, 5) is 0. The molecule has 0 radical (unpaired) electrons. The fourth-order valence-corrected chi connectivity index (χ4v) is 0.122. The molecule has 0 aromatic heterocycles. The minimum Gasteiger partial charge on any atom is -0.396 e. The van der Waals surface area contributed by atoms with Gasteiger partial charge in [-0.2, -0.15) is 0 Å². The Balaban J connectivity index is 2.40. The van der Waals surface area contributed by atoms with E-state index in [-0.39, 0.29) is 15.1 Å². The van der Waals surface area contributed by atoms with E-state index in [4.69, 9.17) is 5.11 Å². The van der Waals surface area contributed by atoms with Crippen LogP contribution in [0.5, 0.6) is 0 Å². The average molecular weight is 92.0 g/mol. The lowest BCUT2D eigenvalue weighted by atomic mass is 10.9. The summed E-state index contributed by atoms with van der Waals surface area (Å²) in [5.74, 6) is 0. The fourth-order valence-electron chi connectivity index (χ4n) is 0.0408. The predicted molar refractivity (Wildman–Crippen MR) is 19.6 cm³/mol. The van der Waals surface area contributed by atoms with Crippen molar-refractivity contribution in [1.29, 1.82) is 0 Å². The SMILES string of the molecule is O=PCCO. The van der Waals surface area contributed by atoms with Gasteiger partial charge in [0.15, 0.2) is 8.46 Å². The molecule has 1 N–H and O–H groups in total. The van der Waals surface area contributed by atoms with E-state index in [9.17, 15) is 4.57 Å². The second-order valence-corrected chi connectivity index (χ2v) is 1.28. The maximum Gasteiger partial charge on any atom is 0.157 e. The van der Waals surface area contributed by atoms with Crippen molar-refractivity contribution in [2.75, 3.05) is 12.8 Å². The minimum atomic E-state index is 0.0189. The van der Waals surface area contributed by atoms with E-state index in [1.54, 1.807) is 0 Å². The molecule has 0 aliphatic rings. The zero-order valence-electron chi connectivity index (χ0n) is 2.72. The Labute approximate surface area is 32.0 Å². The van der Waals surface area contributed by atoms with Gasteiger partial charge in [-0.25, -0.2) is 0 Å². The summed E-state index contributed by atoms with van der Waals surface area (Å²) in [6.45, 7) is 0.0189. The van der Waals surface area contributed by atoms with E-state index >= 15 is 0 Å². The molecule has 3 heteroatoms. The van der Waals surface area contributed by atoms with E-state index in [1.165, 1.54) is 0 Å². The lowest BCUT2D eigenvalue weighted by Crippen LogP contribution is -1.76. The van der Waals surface area contributed by atoms with Crippen molar-refractivity contribution in [3.05, 3.63) is 0 Å². The van der Waals surface area contributed by atoms with Gasteiger partial charge in [0.25, 0.3) is 0 Å². The predicted octanol–water partition coefficient (Wildman–Crippen LogP) is 0.270. The molecule has 0 spiro atoms. The summed E-state index contributed by atoms with van der Waals surface area (Å²) in [5.41, 5.74) is 0. The zero-order valence-corrected chi connectivity index (χ0v) is 3.61. The van der Waals surface area contributed by atoms with Crippen LogP contribution >= 0.6 is 8.46 Å². The second kappa shape index (κ2) is 4.06. The molecule has 0 bridgehead atoms. The van der Waals surface area contributed by atoms with Crippen LogP contribution in [0.25, 0.3) is 0 Å². The molecule has 0 heterocycles. The van der Waals surface area contributed by atoms with Crippen LogP contribution in [0.2, 0.25) is 0 Å². The first kappa shape index (κ1) is 5.06. The molecule has 0 unspecified atom stereocenters. The van der Waals surface area contributed by atoms with E-state index in [1.807, 2.05) is 0 Å². The van der Waals surface area contributed by atoms with Crippen LogP contribution < -0.4 is 0 Å². The topological polar surface area (TPSA) is 37.3 Å². The van der Waals surface area contributed by atoms with Gasteiger partial charge in [0.1, 0.15) is 0 Å². The Morgan fingerprint density at radius 3 is 2.40 bits per heavy atom. The molecule has 0 fully saturated rings. The fraction of sp³-hybridized carbons (Fsp3) is 1.00. The molecule has 30 valence electrons. The van der Waals surface area contributed by atoms with Gasteiger partial charge in [0.2, 0.25) is 0 Å². The molecule has 0 saturated heterocycles. The quantitative estimate of drug-likeness (QED) is 0.496. The molecule has 0 aromatic rings. The number of aliphatic hydroxyl groups excluding tert-OH is 1. The largest absolute Gasteiger partial charge is 0.396 e. The van der Waals surface area contributed by atoms with Gasteiger partial charge >= 0.3 is 0 Å². The van der Waals surface area contributed by atoms with Crippen LogP contribution in [0, 0.1) is 0 Å². The van der Waals surface area contributed by atoms with Gasteiger partial charge in [0, 0.05) is 0 Å². The van der Waals surface area contributed by atoms with Crippen LogP contribution in [-0.4, -0.2) is 17.9 Å². The van der Waals surface area contributed by atoms with Crippen LogP contribution in [0.1, 0.15) is 0 Å². The molecule has 5 heavy (non-hydrogen) atoms. The minimum absolute atomic E-state index is 0.0189. The Hall–Kier alpha value is 0.0600. The standard InChI is InChI=1S/C2H5O2P/c3-1-2-5-4/h3H,1-2H2. The van der Waals surface area contributed by atoms with Crippen LogP contribution in [0.15, 0.2) is 0 Å². The molecular formula is C2H5O2P. The van der Waals surface area contributed by atoms with Crippen LogP contribution in [-0.2, 0) is 4.57 Å². The van der Waals surface area contributed by atoms with Crippen LogP contribution in [0.3, 0.4) is 0 Å². The molecule has 0 atom stereocenters. The monoisotopic (exact) mass is 92.0 g/mol. The maximum atomic E-state index is 9.34. The number of aliphatic hydroxyl groups is 1. The molecule has 0 aliphatic heterocycles. The third kappa shape index (κ3) is 4.06. The Kier molecular flexibility index (Phi) is 4.11. The Bertz CT molecular complexity index is 28.8. The van der Waals surface area contributed by atoms with Gasteiger partial charge < -0.3 is 5.11 Å². The summed E-state index contributed by atoms with van der Waals surface area (Å²) in [6, 6.07) is 0. The molecule has 0 amide bonds. The van der Waals surface area contributed by atoms with Gasteiger partial charge in [-0.3, -0.25) is 4.57 Å². The van der Waals surface area contributed by atoms with E-state index in [0.717, 1.165) is 0 Å². The molecule has 2 nitrogen and oxygen atoms in total. The average Bonchev–Trinajstić information content (AvgIpc) is 1.41. The Morgan fingerprint density at radius 1 is 1.80 bits per heavy atom. The number of rotatable bonds is 2. The smallest absolute Gasteiger partial charge is 0.157 e. The van der Waals surface area contributed by atoms with Crippen molar-refractivity contribution in [2.24, 2.45) is 0 Å². The maximum absolute atomic E-state index is 9.34. The summed E-state index contributed by atoms with van der Waals surface area (Å²) < 4.78 is 9.34. The van der Waals surface area contributed by atoms with Crippen molar-refractivity contribution in [1.82, 2.24) is 0 Å². The van der Waals surface area contributed by atoms with E-state index < -0.39 is 0 Å². The normalized spacial score (nSPS) is 9.00. The van der Waals surface area contributed by atoms with Crippen molar-refractivity contribution < 1.29 is 9.67 Å². The summed E-state index contributed by atoms with van der Waals surface area (Å²) in [5, 5.41) is 7.86. The highest BCUT2D eigenvalue weighted by Gasteiger charge is 1.69. The van der Waals surface area contributed by atoms with Crippen molar-refractivity contribution >= 4 is 8.46 Å². The van der Waals surface area contributed by atoms with Gasteiger partial charge in [-0.05, 0) is 0 Å².